The first-order valence-corrected chi connectivity index (χ1v) is 16.2. The molecule has 0 radical (unpaired) electrons. The van der Waals surface area contributed by atoms with Gasteiger partial charge in [0.05, 0.1) is 13.5 Å². The van der Waals surface area contributed by atoms with Crippen molar-refractivity contribution in [1.82, 2.24) is 9.80 Å². The van der Waals surface area contributed by atoms with Crippen LogP contribution in [0.15, 0.2) is 17.3 Å². The summed E-state index contributed by atoms with van der Waals surface area (Å²) >= 11 is 0. The molecular formula is C28H38F2N4O6S. The number of piperidine rings is 2. The molecule has 1 N–H and O–H groups in total. The number of aliphatic carboxylic acids is 1. The highest BCUT2D eigenvalue weighted by Gasteiger charge is 2.54. The number of halogens is 2. The lowest BCUT2D eigenvalue weighted by Gasteiger charge is -2.46. The number of benzene rings is 1. The molecule has 0 atom stereocenters. The monoisotopic (exact) mass is 596 g/mol. The molecule has 4 aliphatic heterocycles. The number of sulfone groups is 1. The van der Waals surface area contributed by atoms with Crippen LogP contribution in [0.1, 0.15) is 62.0 Å². The lowest BCUT2D eigenvalue weighted by atomic mass is 9.88. The van der Waals surface area contributed by atoms with Gasteiger partial charge in [-0.15, -0.1) is 0 Å². The molecule has 1 spiro atoms. The maximum atomic E-state index is 13.8. The molecular weight excluding hydrogens is 558 g/mol. The predicted molar refractivity (Wildman–Crippen MR) is 149 cm³/mol. The molecule has 5 aliphatic rings. The van der Waals surface area contributed by atoms with E-state index in [9.17, 15) is 27.1 Å². The van der Waals surface area contributed by atoms with Crippen molar-refractivity contribution in [3.8, 4) is 5.75 Å². The van der Waals surface area contributed by atoms with E-state index in [4.69, 9.17) is 9.57 Å². The van der Waals surface area contributed by atoms with Crippen LogP contribution in [0, 0.1) is 0 Å². The number of methoxy groups -OCH3 is 1. The van der Waals surface area contributed by atoms with Gasteiger partial charge in [0.15, 0.2) is 20.2 Å². The van der Waals surface area contributed by atoms with Crippen LogP contribution in [0.2, 0.25) is 0 Å². The number of amidine groups is 1. The molecule has 1 aromatic rings. The highest BCUT2D eigenvalue weighted by Crippen LogP contribution is 2.48. The smallest absolute Gasteiger partial charge is 0.325 e. The van der Waals surface area contributed by atoms with E-state index in [0.29, 0.717) is 58.2 Å². The summed E-state index contributed by atoms with van der Waals surface area (Å²) in [4.78, 5) is 24.0. The molecule has 0 amide bonds. The second kappa shape index (κ2) is 9.96. The maximum Gasteiger partial charge on any atom is 0.325 e. The fraction of sp³-hybridized carbons (Fsp3) is 0.714. The summed E-state index contributed by atoms with van der Waals surface area (Å²) in [7, 11) is -2.12. The van der Waals surface area contributed by atoms with Crippen molar-refractivity contribution in [1.29, 1.82) is 0 Å². The number of carbonyl (C=O) groups is 1. The summed E-state index contributed by atoms with van der Waals surface area (Å²) in [5.41, 5.74) is 2.86. The van der Waals surface area contributed by atoms with E-state index in [-0.39, 0.29) is 25.7 Å². The molecule has 4 fully saturated rings. The Balaban J connectivity index is 1.08. The van der Waals surface area contributed by atoms with Gasteiger partial charge < -0.3 is 24.5 Å². The number of hydrogen-bond donors (Lipinski definition) is 1. The zero-order chi connectivity index (χ0) is 29.2. The summed E-state index contributed by atoms with van der Waals surface area (Å²) in [6, 6.07) is 4.23. The van der Waals surface area contributed by atoms with Crippen LogP contribution in [0.4, 0.5) is 14.5 Å². The van der Waals surface area contributed by atoms with Gasteiger partial charge in [-0.25, -0.2) is 17.2 Å². The van der Waals surface area contributed by atoms with Crippen molar-refractivity contribution in [2.45, 2.75) is 73.7 Å². The Labute approximate surface area is 239 Å². The molecule has 1 aromatic carbocycles. The third-order valence-corrected chi connectivity index (χ3v) is 11.6. The molecule has 41 heavy (non-hydrogen) atoms. The number of rotatable bonds is 7. The van der Waals surface area contributed by atoms with E-state index in [2.05, 4.69) is 21.0 Å². The largest absolute Gasteiger partial charge is 0.496 e. The van der Waals surface area contributed by atoms with Crippen LogP contribution in [0.3, 0.4) is 0 Å². The third kappa shape index (κ3) is 5.24. The Morgan fingerprint density at radius 2 is 1.73 bits per heavy atom. The van der Waals surface area contributed by atoms with Crippen molar-refractivity contribution in [2.24, 2.45) is 5.16 Å². The van der Waals surface area contributed by atoms with Crippen LogP contribution >= 0.6 is 0 Å². The van der Waals surface area contributed by atoms with Crippen LogP contribution in [-0.4, -0.2) is 104 Å². The van der Waals surface area contributed by atoms with Crippen molar-refractivity contribution in [3.05, 3.63) is 23.3 Å². The van der Waals surface area contributed by atoms with Gasteiger partial charge in [0.25, 0.3) is 5.92 Å². The zero-order valence-electron chi connectivity index (χ0n) is 23.6. The van der Waals surface area contributed by atoms with Gasteiger partial charge in [0.1, 0.15) is 11.6 Å². The van der Waals surface area contributed by atoms with Gasteiger partial charge in [0.2, 0.25) is 0 Å². The zero-order valence-corrected chi connectivity index (χ0v) is 24.4. The molecule has 0 bridgehead atoms. The van der Waals surface area contributed by atoms with Crippen LogP contribution in [0.5, 0.6) is 5.75 Å². The maximum absolute atomic E-state index is 13.8. The summed E-state index contributed by atoms with van der Waals surface area (Å²) < 4.78 is 56.1. The second-order valence-corrected chi connectivity index (χ2v) is 14.8. The van der Waals surface area contributed by atoms with Gasteiger partial charge in [-0.2, -0.15) is 0 Å². The highest BCUT2D eigenvalue weighted by atomic mass is 32.2. The number of likely N-dealkylation sites (tertiary alicyclic amines) is 2. The molecule has 0 aromatic heterocycles. The normalized spacial score (nSPS) is 25.4. The third-order valence-electron chi connectivity index (χ3n) is 9.56. The van der Waals surface area contributed by atoms with Gasteiger partial charge >= 0.3 is 5.97 Å². The minimum atomic E-state index is -3.76. The Hall–Kier alpha value is -2.67. The van der Waals surface area contributed by atoms with E-state index < -0.39 is 32.1 Å². The number of oxime groups is 1. The second-order valence-electron chi connectivity index (χ2n) is 12.5. The fourth-order valence-corrected chi connectivity index (χ4v) is 8.09. The molecule has 10 nitrogen and oxygen atoms in total. The van der Waals surface area contributed by atoms with Crippen LogP contribution in [-0.2, 0) is 26.0 Å². The van der Waals surface area contributed by atoms with Crippen molar-refractivity contribution >= 4 is 27.3 Å². The average Bonchev–Trinajstić information content (AvgIpc) is 3.65. The SMILES string of the molecule is COc1cc(N2CCC(F)(F)CC2)c(C2CC2)cc1CN1CC2(CC(N3CCC(C(=O)O)(S(C)(=O)=O)CC3)=NO2)C1. The highest BCUT2D eigenvalue weighted by molar-refractivity contribution is 7.92. The Morgan fingerprint density at radius 1 is 1.10 bits per heavy atom. The fourth-order valence-electron chi connectivity index (χ4n) is 6.85. The minimum Gasteiger partial charge on any atom is -0.496 e. The summed E-state index contributed by atoms with van der Waals surface area (Å²) in [6.45, 7) is 3.27. The lowest BCUT2D eigenvalue weighted by molar-refractivity contribution is -0.141. The first kappa shape index (κ1) is 28.4. The van der Waals surface area contributed by atoms with E-state index >= 15 is 0 Å². The van der Waals surface area contributed by atoms with Crippen LogP contribution in [0.25, 0.3) is 0 Å². The van der Waals surface area contributed by atoms with Gasteiger partial charge in [-0.1, -0.05) is 5.16 Å². The molecule has 13 heteroatoms. The minimum absolute atomic E-state index is 0.0122. The number of anilines is 1. The Morgan fingerprint density at radius 3 is 2.29 bits per heavy atom. The Kier molecular flexibility index (Phi) is 6.91. The summed E-state index contributed by atoms with van der Waals surface area (Å²) in [5, 5.41) is 14.0. The summed E-state index contributed by atoms with van der Waals surface area (Å²) in [6.07, 6.45) is 3.57. The molecule has 1 saturated carbocycles. The topological polar surface area (TPSA) is 112 Å². The molecule has 6 rings (SSSR count). The molecule has 1 aliphatic carbocycles. The number of alkyl halides is 2. The first-order valence-electron chi connectivity index (χ1n) is 14.3. The number of carboxylic acids is 1. The van der Waals surface area contributed by atoms with Crippen molar-refractivity contribution < 1.29 is 36.7 Å². The molecule has 0 unspecified atom stereocenters. The molecule has 3 saturated heterocycles. The van der Waals surface area contributed by atoms with E-state index in [1.807, 2.05) is 11.0 Å². The number of carboxylic acid groups (broad SMARTS) is 1. The average molecular weight is 597 g/mol. The number of ether oxygens (including phenoxy) is 1. The van der Waals surface area contributed by atoms with E-state index in [1.54, 1.807) is 7.11 Å². The van der Waals surface area contributed by atoms with Crippen LogP contribution < -0.4 is 9.64 Å². The van der Waals surface area contributed by atoms with Gasteiger partial charge in [0, 0.05) is 82.2 Å². The van der Waals surface area contributed by atoms with Crippen molar-refractivity contribution in [3.63, 3.8) is 0 Å². The van der Waals surface area contributed by atoms with Gasteiger partial charge in [-0.05, 0) is 43.2 Å². The standard InChI is InChI=1S/C28H38F2N4O6S/c1-39-23-14-22(33-11-7-28(29,30)8-12-33)21(19-3-4-19)13-20(23)16-32-17-26(18-32)15-24(31-40-26)34-9-5-27(6-10-34,25(35)36)41(2,37)38/h13-14,19H,3-12,15-18H2,1-2H3,(H,35,36). The number of nitrogens with zero attached hydrogens (tertiary/aromatic N) is 4. The molecule has 4 heterocycles. The lowest BCUT2D eigenvalue weighted by Crippen LogP contribution is -2.62. The van der Waals surface area contributed by atoms with E-state index in [0.717, 1.165) is 41.9 Å². The van der Waals surface area contributed by atoms with E-state index in [1.165, 1.54) is 5.56 Å². The molecule has 226 valence electrons. The quantitative estimate of drug-likeness (QED) is 0.508. The predicted octanol–water partition coefficient (Wildman–Crippen LogP) is 3.06. The van der Waals surface area contributed by atoms with Gasteiger partial charge in [-0.3, -0.25) is 9.69 Å². The van der Waals surface area contributed by atoms with Crippen molar-refractivity contribution in [2.75, 3.05) is 57.5 Å². The number of hydrogen-bond acceptors (Lipinski definition) is 9. The Bertz CT molecular complexity index is 1340. The summed E-state index contributed by atoms with van der Waals surface area (Å²) in [5.74, 6) is -1.93. The first-order chi connectivity index (χ1) is 19.3.